The van der Waals surface area contributed by atoms with Gasteiger partial charge in [-0.2, -0.15) is 18.3 Å². The van der Waals surface area contributed by atoms with Crippen LogP contribution in [-0.2, 0) is 26.2 Å². The number of pyridine rings is 1. The first-order valence-electron chi connectivity index (χ1n) is 12.9. The fourth-order valence-electron chi connectivity index (χ4n) is 5.42. The van der Waals surface area contributed by atoms with Crippen molar-refractivity contribution >= 4 is 22.8 Å². The van der Waals surface area contributed by atoms with Gasteiger partial charge in [0.1, 0.15) is 29.2 Å². The van der Waals surface area contributed by atoms with Crippen molar-refractivity contribution in [1.82, 2.24) is 20.1 Å². The van der Waals surface area contributed by atoms with Gasteiger partial charge in [0.2, 0.25) is 5.88 Å². The summed E-state index contributed by atoms with van der Waals surface area (Å²) in [6, 6.07) is 8.48. The number of H-pyrrole nitrogens is 1. The van der Waals surface area contributed by atoms with E-state index < -0.39 is 17.9 Å². The van der Waals surface area contributed by atoms with E-state index in [0.717, 1.165) is 11.1 Å². The van der Waals surface area contributed by atoms with E-state index in [4.69, 9.17) is 9.47 Å². The van der Waals surface area contributed by atoms with E-state index >= 15 is 4.39 Å². The number of Topliss-reactive ketones (excluding diaryl/α,β-unsaturated/α-hetero) is 1. The molecule has 1 unspecified atom stereocenters. The molecule has 12 heteroatoms. The average molecular weight is 563 g/mol. The summed E-state index contributed by atoms with van der Waals surface area (Å²) >= 11 is 0. The number of ether oxygens (including phenoxy) is 2. The number of benzene rings is 1. The summed E-state index contributed by atoms with van der Waals surface area (Å²) < 4.78 is 55.9. The van der Waals surface area contributed by atoms with Crippen LogP contribution in [0.2, 0.25) is 0 Å². The number of ketones is 1. The maximum atomic E-state index is 15.3. The van der Waals surface area contributed by atoms with Crippen molar-refractivity contribution in [3.63, 3.8) is 0 Å². The van der Waals surface area contributed by atoms with E-state index in [-0.39, 0.29) is 18.0 Å². The molecule has 1 aliphatic carbocycles. The highest BCUT2D eigenvalue weighted by Crippen LogP contribution is 2.48. The van der Waals surface area contributed by atoms with Crippen LogP contribution in [0, 0.1) is 5.82 Å². The predicted molar refractivity (Wildman–Crippen MR) is 138 cm³/mol. The lowest BCUT2D eigenvalue weighted by Crippen LogP contribution is -2.53. The molecule has 1 N–H and O–H groups in total. The maximum Gasteiger partial charge on any atom is 0.379 e. The van der Waals surface area contributed by atoms with Crippen molar-refractivity contribution in [3.8, 4) is 5.88 Å². The van der Waals surface area contributed by atoms with Gasteiger partial charge in [-0.15, -0.1) is 0 Å². The highest BCUT2D eigenvalue weighted by molar-refractivity contribution is 5.90. The number of hydrogen-bond donors (Lipinski definition) is 1. The molecule has 1 saturated carbocycles. The third-order valence-corrected chi connectivity index (χ3v) is 7.33. The SMILES string of the molecule is CC(=O)C1(c2c(F)cccc2CCC(=C=O)N2CCOC(C)C2)CC(Oc2ccc3[nH]ncc3n2)C1.FC(F)F. The molecule has 1 aliphatic heterocycles. The minimum absolute atomic E-state index is 0.0310. The molecule has 0 spiro atoms. The molecule has 8 nitrogen and oxygen atoms in total. The number of aryl methyl sites for hydroxylation is 1. The largest absolute Gasteiger partial charge is 0.474 e. The Balaban J connectivity index is 0.000000867. The zero-order chi connectivity index (χ0) is 28.9. The standard InChI is InChI=1S/C27H29FN4O4.CHF3/c1-17-15-32(10-11-35-17)20(16-33)7-6-19-4-3-5-22(28)26(19)27(18(2)34)12-21(13-27)36-25-9-8-23-24(30-25)14-29-31-23;2-1(3)4/h3-5,8-9,14,17,21H,6-7,10-13,15H2,1-2H3,(H,29,31);1H. The number of carbonyl (C=O) groups is 1. The fraction of sp³-hybridized carbons (Fsp3) is 0.464. The van der Waals surface area contributed by atoms with Crippen LogP contribution in [0.1, 0.15) is 44.2 Å². The van der Waals surface area contributed by atoms with Crippen molar-refractivity contribution in [2.45, 2.75) is 63.8 Å². The van der Waals surface area contributed by atoms with E-state index in [0.29, 0.717) is 68.0 Å². The molecule has 2 aromatic heterocycles. The minimum Gasteiger partial charge on any atom is -0.474 e. The first-order chi connectivity index (χ1) is 19.1. The molecule has 2 aliphatic rings. The molecule has 5 rings (SSSR count). The number of fused-ring (bicyclic) bond motifs is 1. The Bertz CT molecular complexity index is 1380. The molecule has 40 heavy (non-hydrogen) atoms. The number of halogens is 4. The Morgan fingerprint density at radius 2 is 2.02 bits per heavy atom. The van der Waals surface area contributed by atoms with Crippen molar-refractivity contribution < 1.29 is 36.6 Å². The summed E-state index contributed by atoms with van der Waals surface area (Å²) in [5.41, 5.74) is 2.22. The van der Waals surface area contributed by atoms with Gasteiger partial charge in [0.15, 0.2) is 0 Å². The average Bonchev–Trinajstić information content (AvgIpc) is 3.34. The third-order valence-electron chi connectivity index (χ3n) is 7.33. The lowest BCUT2D eigenvalue weighted by atomic mass is 9.59. The molecule has 2 fully saturated rings. The zero-order valence-corrected chi connectivity index (χ0v) is 22.1. The van der Waals surface area contributed by atoms with Crippen LogP contribution in [0.3, 0.4) is 0 Å². The van der Waals surface area contributed by atoms with Crippen molar-refractivity contribution in [2.24, 2.45) is 0 Å². The van der Waals surface area contributed by atoms with Gasteiger partial charge in [-0.25, -0.2) is 14.2 Å². The Kier molecular flexibility index (Phi) is 9.21. The van der Waals surface area contributed by atoms with Gasteiger partial charge in [0.25, 0.3) is 0 Å². The van der Waals surface area contributed by atoms with Crippen LogP contribution in [0.5, 0.6) is 5.88 Å². The van der Waals surface area contributed by atoms with Crippen LogP contribution >= 0.6 is 0 Å². The van der Waals surface area contributed by atoms with E-state index in [1.165, 1.54) is 13.0 Å². The van der Waals surface area contributed by atoms with E-state index in [1.54, 1.807) is 18.3 Å². The zero-order valence-electron chi connectivity index (χ0n) is 22.1. The Morgan fingerprint density at radius 1 is 1.27 bits per heavy atom. The summed E-state index contributed by atoms with van der Waals surface area (Å²) in [6.07, 6.45) is 2.95. The molecular formula is C28H30F4N4O4. The van der Waals surface area contributed by atoms with Crippen molar-refractivity contribution in [2.75, 3.05) is 19.7 Å². The second kappa shape index (κ2) is 12.6. The van der Waals surface area contributed by atoms with Gasteiger partial charge in [0, 0.05) is 44.0 Å². The number of aromatic amines is 1. The number of aromatic nitrogens is 3. The lowest BCUT2D eigenvalue weighted by molar-refractivity contribution is -0.129. The fourth-order valence-corrected chi connectivity index (χ4v) is 5.42. The minimum atomic E-state index is -3.67. The summed E-state index contributed by atoms with van der Waals surface area (Å²) in [5, 5.41) is 6.81. The van der Waals surface area contributed by atoms with Gasteiger partial charge in [-0.05, 0) is 38.0 Å². The molecule has 214 valence electrons. The normalized spacial score (nSPS) is 22.2. The number of alkyl halides is 3. The molecule has 3 aromatic rings. The highest BCUT2D eigenvalue weighted by Gasteiger charge is 2.53. The smallest absolute Gasteiger partial charge is 0.379 e. The first-order valence-corrected chi connectivity index (χ1v) is 12.9. The lowest BCUT2D eigenvalue weighted by Gasteiger charge is -2.46. The quantitative estimate of drug-likeness (QED) is 0.314. The molecule has 1 saturated heterocycles. The molecule has 1 aromatic carbocycles. The van der Waals surface area contributed by atoms with Crippen LogP contribution < -0.4 is 4.74 Å². The summed E-state index contributed by atoms with van der Waals surface area (Å²) in [6.45, 7) is 1.60. The Labute approximate surface area is 228 Å². The number of allylic oxidation sites excluding steroid dienone is 1. The van der Waals surface area contributed by atoms with Crippen LogP contribution in [-0.4, -0.2) is 70.4 Å². The number of rotatable bonds is 8. The second-order valence-corrected chi connectivity index (χ2v) is 9.94. The highest BCUT2D eigenvalue weighted by atomic mass is 19.4. The maximum absolute atomic E-state index is 15.3. The summed E-state index contributed by atoms with van der Waals surface area (Å²) in [5.74, 6) is 2.01. The van der Waals surface area contributed by atoms with Crippen LogP contribution in [0.4, 0.5) is 17.6 Å². The molecule has 1 atom stereocenters. The number of nitrogens with zero attached hydrogens (tertiary/aromatic N) is 3. The number of morpholine rings is 1. The van der Waals surface area contributed by atoms with Crippen LogP contribution in [0.15, 0.2) is 42.2 Å². The van der Waals surface area contributed by atoms with E-state index in [2.05, 4.69) is 21.1 Å². The van der Waals surface area contributed by atoms with Gasteiger partial charge < -0.3 is 14.4 Å². The molecule has 3 heterocycles. The van der Waals surface area contributed by atoms with Crippen molar-refractivity contribution in [3.05, 3.63) is 59.2 Å². The first kappa shape index (κ1) is 29.2. The topological polar surface area (TPSA) is 97.4 Å². The molecule has 0 bridgehead atoms. The van der Waals surface area contributed by atoms with Gasteiger partial charge >= 0.3 is 6.68 Å². The predicted octanol–water partition coefficient (Wildman–Crippen LogP) is 4.71. The van der Waals surface area contributed by atoms with Gasteiger partial charge in [-0.1, -0.05) is 12.1 Å². The molecule has 0 radical (unpaired) electrons. The third kappa shape index (κ3) is 6.51. The Hall–Kier alpha value is -3.76. The number of nitrogens with one attached hydrogen (secondary N) is 1. The molecular weight excluding hydrogens is 532 g/mol. The Morgan fingerprint density at radius 3 is 2.70 bits per heavy atom. The van der Waals surface area contributed by atoms with E-state index in [9.17, 15) is 22.8 Å². The number of carbonyl (C=O) groups excluding carboxylic acids is 2. The summed E-state index contributed by atoms with van der Waals surface area (Å²) in [4.78, 5) is 31.1. The summed E-state index contributed by atoms with van der Waals surface area (Å²) in [7, 11) is 0. The van der Waals surface area contributed by atoms with Gasteiger partial charge in [-0.3, -0.25) is 9.89 Å². The second-order valence-electron chi connectivity index (χ2n) is 9.94. The van der Waals surface area contributed by atoms with Crippen LogP contribution in [0.25, 0.3) is 11.0 Å². The van der Waals surface area contributed by atoms with Crippen molar-refractivity contribution in [1.29, 1.82) is 0 Å². The molecule has 0 amide bonds. The monoisotopic (exact) mass is 562 g/mol. The number of hydrogen-bond acceptors (Lipinski definition) is 7. The van der Waals surface area contributed by atoms with Gasteiger partial charge in [0.05, 0.1) is 35.5 Å². The van der Waals surface area contributed by atoms with E-state index in [1.807, 2.05) is 24.0 Å².